The van der Waals surface area contributed by atoms with Crippen LogP contribution >= 0.6 is 11.6 Å². The molecule has 2 N–H and O–H groups in total. The third kappa shape index (κ3) is 4.07. The van der Waals surface area contributed by atoms with Gasteiger partial charge in [-0.25, -0.2) is 14.8 Å². The van der Waals surface area contributed by atoms with Crippen molar-refractivity contribution in [2.24, 2.45) is 0 Å². The Morgan fingerprint density at radius 1 is 1.00 bits per heavy atom. The molecule has 0 bridgehead atoms. The molecular weight excluding hydrogens is 394 g/mol. The monoisotopic (exact) mass is 411 g/mol. The highest BCUT2D eigenvalue weighted by atomic mass is 35.5. The van der Waals surface area contributed by atoms with Gasteiger partial charge in [-0.2, -0.15) is 0 Å². The topological polar surface area (TPSA) is 98.7 Å². The van der Waals surface area contributed by atoms with Crippen LogP contribution < -0.4 is 10.2 Å². The zero-order valence-electron chi connectivity index (χ0n) is 15.4. The van der Waals surface area contributed by atoms with Crippen LogP contribution in [0.15, 0.2) is 48.5 Å². The van der Waals surface area contributed by atoms with E-state index in [1.54, 1.807) is 6.07 Å². The normalized spacial score (nSPS) is 14.1. The summed E-state index contributed by atoms with van der Waals surface area (Å²) >= 11 is 6.06. The molecule has 9 heteroatoms. The Balaban J connectivity index is 1.56. The first kappa shape index (κ1) is 18.9. The Hall–Kier alpha value is -3.39. The molecule has 3 aromatic rings. The van der Waals surface area contributed by atoms with E-state index in [2.05, 4.69) is 15.3 Å². The van der Waals surface area contributed by atoms with Gasteiger partial charge in [-0.1, -0.05) is 36.4 Å². The number of hydrogen-bond acceptors (Lipinski definition) is 5. The van der Waals surface area contributed by atoms with Gasteiger partial charge in [-0.05, 0) is 23.1 Å². The maximum atomic E-state index is 12.8. The van der Waals surface area contributed by atoms with E-state index >= 15 is 0 Å². The highest BCUT2D eigenvalue weighted by molar-refractivity contribution is 6.28. The number of benzene rings is 2. The lowest BCUT2D eigenvalue weighted by molar-refractivity contribution is 0.102. The molecule has 0 aliphatic carbocycles. The smallest absolute Gasteiger partial charge is 0.407 e. The number of nitrogens with zero attached hydrogens (tertiary/aromatic N) is 4. The molecule has 0 atom stereocenters. The average molecular weight is 412 g/mol. The molecule has 0 unspecified atom stereocenters. The summed E-state index contributed by atoms with van der Waals surface area (Å²) in [5.41, 5.74) is 0.827. The van der Waals surface area contributed by atoms with E-state index in [9.17, 15) is 9.59 Å². The van der Waals surface area contributed by atoms with Gasteiger partial charge >= 0.3 is 6.09 Å². The van der Waals surface area contributed by atoms with Crippen molar-refractivity contribution in [2.75, 3.05) is 36.4 Å². The van der Waals surface area contributed by atoms with E-state index in [0.29, 0.717) is 37.7 Å². The summed E-state index contributed by atoms with van der Waals surface area (Å²) in [7, 11) is 0. The van der Waals surface area contributed by atoms with Crippen LogP contribution in [0.2, 0.25) is 5.28 Å². The Kier molecular flexibility index (Phi) is 5.18. The van der Waals surface area contributed by atoms with Crippen molar-refractivity contribution in [1.29, 1.82) is 0 Å². The Morgan fingerprint density at radius 2 is 1.72 bits per heavy atom. The van der Waals surface area contributed by atoms with Crippen molar-refractivity contribution in [3.8, 4) is 0 Å². The van der Waals surface area contributed by atoms with Gasteiger partial charge in [-0.15, -0.1) is 0 Å². The van der Waals surface area contributed by atoms with E-state index in [-0.39, 0.29) is 11.0 Å². The molecular formula is C20H18ClN5O3. The molecule has 1 aliphatic rings. The summed E-state index contributed by atoms with van der Waals surface area (Å²) in [6, 6.07) is 15.0. The van der Waals surface area contributed by atoms with Crippen LogP contribution in [0.5, 0.6) is 0 Å². The molecule has 1 aromatic heterocycles. The number of carbonyl (C=O) groups is 2. The third-order valence-corrected chi connectivity index (χ3v) is 5.00. The molecule has 1 saturated heterocycles. The van der Waals surface area contributed by atoms with Crippen molar-refractivity contribution in [3.05, 3.63) is 59.5 Å². The molecule has 0 radical (unpaired) electrons. The molecule has 0 spiro atoms. The zero-order chi connectivity index (χ0) is 20.4. The molecule has 2 amide bonds. The molecule has 2 heterocycles. The number of carbonyl (C=O) groups excluding carboxylic acids is 1. The fraction of sp³-hybridized carbons (Fsp3) is 0.200. The molecule has 0 saturated carbocycles. The number of nitrogens with one attached hydrogen (secondary N) is 1. The minimum atomic E-state index is -0.944. The highest BCUT2D eigenvalue weighted by Gasteiger charge is 2.23. The minimum Gasteiger partial charge on any atom is -0.465 e. The molecule has 29 heavy (non-hydrogen) atoms. The Bertz CT molecular complexity index is 1080. The number of carboxylic acid groups (broad SMARTS) is 1. The molecule has 8 nitrogen and oxygen atoms in total. The number of amides is 2. The van der Waals surface area contributed by atoms with Crippen LogP contribution in [0.4, 0.5) is 16.3 Å². The summed E-state index contributed by atoms with van der Waals surface area (Å²) in [5.74, 6) is 0.106. The summed E-state index contributed by atoms with van der Waals surface area (Å²) < 4.78 is 0. The van der Waals surface area contributed by atoms with Gasteiger partial charge in [0.15, 0.2) is 0 Å². The van der Waals surface area contributed by atoms with Crippen LogP contribution in [-0.2, 0) is 0 Å². The highest BCUT2D eigenvalue weighted by Crippen LogP contribution is 2.24. The molecule has 1 aliphatic heterocycles. The molecule has 4 rings (SSSR count). The van der Waals surface area contributed by atoms with E-state index in [1.165, 1.54) is 4.90 Å². The fourth-order valence-electron chi connectivity index (χ4n) is 3.33. The molecule has 148 valence electrons. The second kappa shape index (κ2) is 7.92. The lowest BCUT2D eigenvalue weighted by atomic mass is 10.1. The van der Waals surface area contributed by atoms with Crippen molar-refractivity contribution in [3.63, 3.8) is 0 Å². The number of aromatic nitrogens is 2. The number of halogens is 1. The van der Waals surface area contributed by atoms with Gasteiger partial charge in [0.1, 0.15) is 11.5 Å². The van der Waals surface area contributed by atoms with Gasteiger partial charge < -0.3 is 20.2 Å². The summed E-state index contributed by atoms with van der Waals surface area (Å²) in [4.78, 5) is 35.4. The first-order valence-corrected chi connectivity index (χ1v) is 9.45. The quantitative estimate of drug-likeness (QED) is 0.641. The van der Waals surface area contributed by atoms with Crippen LogP contribution in [0.1, 0.15) is 10.5 Å². The largest absolute Gasteiger partial charge is 0.465 e. The predicted molar refractivity (Wildman–Crippen MR) is 111 cm³/mol. The molecule has 2 aromatic carbocycles. The average Bonchev–Trinajstić information content (AvgIpc) is 2.73. The van der Waals surface area contributed by atoms with Gasteiger partial charge in [0, 0.05) is 43.3 Å². The summed E-state index contributed by atoms with van der Waals surface area (Å²) in [6.07, 6.45) is -0.944. The van der Waals surface area contributed by atoms with Gasteiger partial charge in [0.25, 0.3) is 5.91 Å². The minimum absolute atomic E-state index is 0.0359. The van der Waals surface area contributed by atoms with Crippen LogP contribution in [0.3, 0.4) is 0 Å². The number of rotatable bonds is 3. The lowest BCUT2D eigenvalue weighted by Crippen LogP contribution is -2.48. The number of fused-ring (bicyclic) bond motifs is 1. The van der Waals surface area contributed by atoms with E-state index < -0.39 is 12.0 Å². The van der Waals surface area contributed by atoms with Gasteiger partial charge in [0.05, 0.1) is 0 Å². The van der Waals surface area contributed by atoms with Gasteiger partial charge in [0.2, 0.25) is 5.28 Å². The fourth-order valence-corrected chi connectivity index (χ4v) is 3.51. The van der Waals surface area contributed by atoms with Crippen molar-refractivity contribution in [2.45, 2.75) is 0 Å². The number of piperazine rings is 1. The maximum absolute atomic E-state index is 12.8. The predicted octanol–water partition coefficient (Wildman–Crippen LogP) is 3.34. The van der Waals surface area contributed by atoms with Crippen LogP contribution in [0.25, 0.3) is 10.8 Å². The zero-order valence-corrected chi connectivity index (χ0v) is 16.1. The van der Waals surface area contributed by atoms with E-state index in [4.69, 9.17) is 16.7 Å². The number of anilines is 2. The van der Waals surface area contributed by atoms with Crippen LogP contribution in [-0.4, -0.2) is 58.2 Å². The standard InChI is InChI=1S/C20H18ClN5O3/c21-19-23-16(12-17(24-19)25-8-10-26(11-9-25)20(28)29)18(27)22-15-7-3-5-13-4-1-2-6-14(13)15/h1-7,12H,8-11H2,(H,22,27)(H,28,29). The first-order valence-electron chi connectivity index (χ1n) is 9.08. The van der Waals surface area contributed by atoms with Gasteiger partial charge in [-0.3, -0.25) is 4.79 Å². The van der Waals surface area contributed by atoms with Crippen LogP contribution in [0, 0.1) is 0 Å². The first-order chi connectivity index (χ1) is 14.0. The molecule has 1 fully saturated rings. The SMILES string of the molecule is O=C(Nc1cccc2ccccc12)c1cc(N2CCN(C(=O)O)CC2)nc(Cl)n1. The number of hydrogen-bond donors (Lipinski definition) is 2. The van der Waals surface area contributed by atoms with Crippen molar-refractivity contribution in [1.82, 2.24) is 14.9 Å². The maximum Gasteiger partial charge on any atom is 0.407 e. The van der Waals surface area contributed by atoms with E-state index in [1.807, 2.05) is 47.4 Å². The second-order valence-corrected chi connectivity index (χ2v) is 6.96. The van der Waals surface area contributed by atoms with Crippen molar-refractivity contribution < 1.29 is 14.7 Å². The lowest BCUT2D eigenvalue weighted by Gasteiger charge is -2.33. The Morgan fingerprint density at radius 3 is 2.48 bits per heavy atom. The summed E-state index contributed by atoms with van der Waals surface area (Å²) in [6.45, 7) is 1.64. The summed E-state index contributed by atoms with van der Waals surface area (Å²) in [5, 5.41) is 13.9. The van der Waals surface area contributed by atoms with Crippen molar-refractivity contribution >= 4 is 45.9 Å². The Labute approximate surface area is 171 Å². The van der Waals surface area contributed by atoms with E-state index in [0.717, 1.165) is 10.8 Å². The second-order valence-electron chi connectivity index (χ2n) is 6.62. The third-order valence-electron chi connectivity index (χ3n) is 4.83.